The molecule has 2 aromatic rings. The summed E-state index contributed by atoms with van der Waals surface area (Å²) in [6, 6.07) is 8.76. The van der Waals surface area contributed by atoms with Crippen molar-refractivity contribution in [1.82, 2.24) is 9.97 Å². The predicted molar refractivity (Wildman–Crippen MR) is 117 cm³/mol. The van der Waals surface area contributed by atoms with Gasteiger partial charge in [-0.25, -0.2) is 9.97 Å². The van der Waals surface area contributed by atoms with Gasteiger partial charge in [-0.05, 0) is 49.8 Å². The second-order valence-corrected chi connectivity index (χ2v) is 9.35. The molecule has 5 rings (SSSR count). The van der Waals surface area contributed by atoms with Crippen molar-refractivity contribution in [2.45, 2.75) is 58.2 Å². The van der Waals surface area contributed by atoms with Gasteiger partial charge in [-0.2, -0.15) is 0 Å². The van der Waals surface area contributed by atoms with Gasteiger partial charge < -0.3 is 14.4 Å². The molecule has 1 aromatic carbocycles. The highest BCUT2D eigenvalue weighted by atomic mass is 16.5. The van der Waals surface area contributed by atoms with Crippen LogP contribution in [0.2, 0.25) is 0 Å². The molecule has 30 heavy (non-hydrogen) atoms. The van der Waals surface area contributed by atoms with Crippen LogP contribution >= 0.6 is 0 Å². The summed E-state index contributed by atoms with van der Waals surface area (Å²) < 4.78 is 11.9. The molecule has 0 N–H and O–H groups in total. The van der Waals surface area contributed by atoms with Gasteiger partial charge in [0.15, 0.2) is 0 Å². The van der Waals surface area contributed by atoms with Crippen LogP contribution in [0.4, 0.5) is 5.82 Å². The number of nitrogens with zero attached hydrogens (tertiary/aromatic N) is 4. The maximum atomic E-state index is 6.18. The molecule has 6 nitrogen and oxygen atoms in total. The van der Waals surface area contributed by atoms with Crippen LogP contribution < -0.4 is 9.64 Å². The zero-order valence-corrected chi connectivity index (χ0v) is 18.1. The Balaban J connectivity index is 1.42. The number of aromatic nitrogens is 2. The zero-order chi connectivity index (χ0) is 20.7. The Hall–Kier alpha value is -2.47. The summed E-state index contributed by atoms with van der Waals surface area (Å²) in [7, 11) is 0. The van der Waals surface area contributed by atoms with E-state index in [-0.39, 0.29) is 5.60 Å². The van der Waals surface area contributed by atoms with Gasteiger partial charge in [0.2, 0.25) is 0 Å². The number of hydrogen-bond donors (Lipinski definition) is 0. The average Bonchev–Trinajstić information content (AvgIpc) is 3.31. The molecular formula is C24H30N4O2. The molecule has 1 aromatic heterocycles. The quantitative estimate of drug-likeness (QED) is 0.725. The van der Waals surface area contributed by atoms with E-state index in [4.69, 9.17) is 14.5 Å². The number of morpholine rings is 1. The first kappa shape index (κ1) is 19.5. The van der Waals surface area contributed by atoms with Crippen molar-refractivity contribution in [3.05, 3.63) is 47.4 Å². The Bertz CT molecular complexity index is 967. The molecule has 3 heterocycles. The summed E-state index contributed by atoms with van der Waals surface area (Å²) in [5.74, 6) is 2.49. The monoisotopic (exact) mass is 406 g/mol. The maximum Gasteiger partial charge on any atom is 0.133 e. The smallest absolute Gasteiger partial charge is 0.133 e. The van der Waals surface area contributed by atoms with Crippen LogP contribution in [0.5, 0.6) is 5.75 Å². The highest BCUT2D eigenvalue weighted by molar-refractivity contribution is 6.14. The fourth-order valence-electron chi connectivity index (χ4n) is 4.34. The lowest BCUT2D eigenvalue weighted by Crippen LogP contribution is -2.46. The minimum Gasteiger partial charge on any atom is -0.488 e. The number of ether oxygens (including phenoxy) is 2. The van der Waals surface area contributed by atoms with Gasteiger partial charge in [0.25, 0.3) is 0 Å². The molecule has 1 aliphatic carbocycles. The molecule has 6 heteroatoms. The van der Waals surface area contributed by atoms with Crippen molar-refractivity contribution in [3.63, 3.8) is 0 Å². The summed E-state index contributed by atoms with van der Waals surface area (Å²) in [5, 5.41) is 0. The number of fused-ring (bicyclic) bond motifs is 1. The molecule has 1 unspecified atom stereocenters. The van der Waals surface area contributed by atoms with E-state index in [1.807, 2.05) is 0 Å². The Kier molecular flexibility index (Phi) is 4.97. The van der Waals surface area contributed by atoms with Crippen LogP contribution in [-0.2, 0) is 11.3 Å². The Morgan fingerprint density at radius 1 is 1.23 bits per heavy atom. The van der Waals surface area contributed by atoms with E-state index in [9.17, 15) is 0 Å². The van der Waals surface area contributed by atoms with Crippen LogP contribution in [0.1, 0.15) is 56.9 Å². The van der Waals surface area contributed by atoms with E-state index in [0.717, 1.165) is 67.6 Å². The summed E-state index contributed by atoms with van der Waals surface area (Å²) >= 11 is 0. The third-order valence-electron chi connectivity index (χ3n) is 6.22. The zero-order valence-electron chi connectivity index (χ0n) is 18.1. The van der Waals surface area contributed by atoms with Crippen LogP contribution in [0.15, 0.2) is 35.6 Å². The lowest BCUT2D eigenvalue weighted by molar-refractivity contribution is 0.0873. The van der Waals surface area contributed by atoms with Crippen LogP contribution in [0.25, 0.3) is 0 Å². The van der Waals surface area contributed by atoms with Crippen LogP contribution in [0, 0.1) is 5.92 Å². The fraction of sp³-hybridized carbons (Fsp3) is 0.542. The topological polar surface area (TPSA) is 59.8 Å². The molecule has 2 aliphatic heterocycles. The molecule has 1 saturated heterocycles. The van der Waals surface area contributed by atoms with Gasteiger partial charge in [-0.15, -0.1) is 0 Å². The van der Waals surface area contributed by atoms with E-state index < -0.39 is 0 Å². The number of anilines is 1. The Labute approximate surface area is 178 Å². The van der Waals surface area contributed by atoms with Gasteiger partial charge in [-0.3, -0.25) is 4.99 Å². The third-order valence-corrected chi connectivity index (χ3v) is 6.22. The Morgan fingerprint density at radius 3 is 2.90 bits per heavy atom. The number of rotatable bonds is 6. The van der Waals surface area contributed by atoms with Crippen molar-refractivity contribution >= 4 is 11.5 Å². The van der Waals surface area contributed by atoms with Gasteiger partial charge in [0.05, 0.1) is 37.2 Å². The fourth-order valence-corrected chi connectivity index (χ4v) is 4.34. The van der Waals surface area contributed by atoms with E-state index in [2.05, 4.69) is 59.9 Å². The van der Waals surface area contributed by atoms with Crippen molar-refractivity contribution in [1.29, 1.82) is 0 Å². The largest absolute Gasteiger partial charge is 0.488 e. The molecule has 3 aliphatic rings. The van der Waals surface area contributed by atoms with E-state index in [1.54, 1.807) is 6.33 Å². The predicted octanol–water partition coefficient (Wildman–Crippen LogP) is 4.01. The average molecular weight is 407 g/mol. The molecule has 0 amide bonds. The van der Waals surface area contributed by atoms with Gasteiger partial charge in [-0.1, -0.05) is 19.9 Å². The minimum absolute atomic E-state index is 0.00793. The molecule has 0 bridgehead atoms. The minimum atomic E-state index is 0.00793. The maximum absolute atomic E-state index is 6.18. The lowest BCUT2D eigenvalue weighted by Gasteiger charge is -2.37. The second kappa shape index (κ2) is 7.65. The van der Waals surface area contributed by atoms with Crippen molar-refractivity contribution < 1.29 is 9.47 Å². The van der Waals surface area contributed by atoms with E-state index in [1.165, 1.54) is 5.56 Å². The number of hydrogen-bond acceptors (Lipinski definition) is 6. The molecule has 158 valence electrons. The number of aliphatic imine (C=N–C) groups is 1. The summed E-state index contributed by atoms with van der Waals surface area (Å²) in [5.41, 5.74) is 4.18. The normalized spacial score (nSPS) is 22.1. The summed E-state index contributed by atoms with van der Waals surface area (Å²) in [6.45, 7) is 9.70. The Morgan fingerprint density at radius 2 is 2.10 bits per heavy atom. The van der Waals surface area contributed by atoms with Crippen molar-refractivity contribution in [2.75, 3.05) is 24.7 Å². The molecule has 0 spiro atoms. The first-order chi connectivity index (χ1) is 14.5. The van der Waals surface area contributed by atoms with Crippen molar-refractivity contribution in [3.8, 4) is 5.75 Å². The highest BCUT2D eigenvalue weighted by Gasteiger charge is 2.40. The van der Waals surface area contributed by atoms with E-state index in [0.29, 0.717) is 18.5 Å². The first-order valence-electron chi connectivity index (χ1n) is 11.0. The number of benzene rings is 1. The van der Waals surface area contributed by atoms with Crippen molar-refractivity contribution in [2.24, 2.45) is 10.9 Å². The third kappa shape index (κ3) is 3.93. The van der Waals surface area contributed by atoms with Crippen LogP contribution in [0.3, 0.4) is 0 Å². The molecular weight excluding hydrogens is 376 g/mol. The lowest BCUT2D eigenvalue weighted by atomic mass is 10.0. The molecule has 1 atom stereocenters. The molecule has 0 radical (unpaired) electrons. The van der Waals surface area contributed by atoms with E-state index >= 15 is 0 Å². The molecule has 2 fully saturated rings. The second-order valence-electron chi connectivity index (χ2n) is 9.35. The van der Waals surface area contributed by atoms with Gasteiger partial charge >= 0.3 is 0 Å². The molecule has 1 saturated carbocycles. The standard InChI is InChI=1S/C24H30N4O2/c1-16(2)10-18-14-29-9-8-28(18)22-12-21(26-15-27-22)23-20-11-19(30-24(3)6-7-24)5-4-17(20)13-25-23/h4-5,11-12,15-16,18H,6-10,13-14H2,1-3H3. The summed E-state index contributed by atoms with van der Waals surface area (Å²) in [6.07, 6.45) is 5.00. The highest BCUT2D eigenvalue weighted by Crippen LogP contribution is 2.40. The van der Waals surface area contributed by atoms with Gasteiger partial charge in [0.1, 0.15) is 23.5 Å². The van der Waals surface area contributed by atoms with Crippen LogP contribution in [-0.4, -0.2) is 47.1 Å². The first-order valence-corrected chi connectivity index (χ1v) is 11.0. The summed E-state index contributed by atoms with van der Waals surface area (Å²) in [4.78, 5) is 16.4. The SMILES string of the molecule is CC(C)CC1COCCN1c1cc(C2=NCc3ccc(OC4(C)CC4)cc32)ncn1. The van der Waals surface area contributed by atoms with Gasteiger partial charge in [0, 0.05) is 18.2 Å².